The molecule has 0 atom stereocenters. The Hall–Kier alpha value is -2.63. The fourth-order valence-corrected chi connectivity index (χ4v) is 4.77. The Morgan fingerprint density at radius 1 is 1.00 bits per heavy atom. The third-order valence-corrected chi connectivity index (χ3v) is 5.94. The summed E-state index contributed by atoms with van der Waals surface area (Å²) in [5, 5.41) is 0. The van der Waals surface area contributed by atoms with E-state index in [4.69, 9.17) is 9.97 Å². The molecule has 0 spiro atoms. The smallest absolute Gasteiger partial charge is 0.335 e. The van der Waals surface area contributed by atoms with Crippen molar-refractivity contribution in [3.8, 4) is 5.69 Å². The summed E-state index contributed by atoms with van der Waals surface area (Å²) in [6.07, 6.45) is 2.12. The van der Waals surface area contributed by atoms with Gasteiger partial charge >= 0.3 is 5.69 Å². The number of nitrogens with zero attached hydrogens (tertiary/aromatic N) is 5. The fraction of sp³-hybridized carbons (Fsp3) is 0.500. The lowest BCUT2D eigenvalue weighted by Crippen LogP contribution is -2.42. The van der Waals surface area contributed by atoms with Gasteiger partial charge in [-0.05, 0) is 51.7 Å². The van der Waals surface area contributed by atoms with E-state index in [2.05, 4.69) is 51.7 Å². The predicted molar refractivity (Wildman–Crippen MR) is 114 cm³/mol. The van der Waals surface area contributed by atoms with Crippen LogP contribution in [0.1, 0.15) is 49.2 Å². The number of imidazole rings is 1. The minimum atomic E-state index is -0.0181. The zero-order chi connectivity index (χ0) is 20.2. The van der Waals surface area contributed by atoms with Crippen LogP contribution in [0, 0.1) is 27.7 Å². The predicted octanol–water partition coefficient (Wildman–Crippen LogP) is 3.82. The van der Waals surface area contributed by atoms with E-state index in [9.17, 15) is 4.79 Å². The maximum absolute atomic E-state index is 13.5. The quantitative estimate of drug-likeness (QED) is 0.691. The zero-order valence-electron chi connectivity index (χ0n) is 17.7. The summed E-state index contributed by atoms with van der Waals surface area (Å²) in [6.45, 7) is 14.0. The van der Waals surface area contributed by atoms with Crippen LogP contribution >= 0.6 is 0 Å². The Labute approximate surface area is 165 Å². The van der Waals surface area contributed by atoms with Crippen molar-refractivity contribution in [2.75, 3.05) is 11.4 Å². The molecule has 2 aromatic heterocycles. The first-order chi connectivity index (χ1) is 13.4. The molecule has 0 fully saturated rings. The van der Waals surface area contributed by atoms with E-state index < -0.39 is 0 Å². The number of aryl methyl sites for hydroxylation is 4. The van der Waals surface area contributed by atoms with E-state index in [0.29, 0.717) is 18.4 Å². The zero-order valence-corrected chi connectivity index (χ0v) is 17.7. The molecule has 0 bridgehead atoms. The lowest BCUT2D eigenvalue weighted by molar-refractivity contribution is 0.513. The average molecular weight is 380 g/mol. The van der Waals surface area contributed by atoms with Gasteiger partial charge < -0.3 is 4.90 Å². The molecule has 0 amide bonds. The fourth-order valence-electron chi connectivity index (χ4n) is 4.77. The van der Waals surface area contributed by atoms with Crippen molar-refractivity contribution in [3.05, 3.63) is 45.1 Å². The van der Waals surface area contributed by atoms with Gasteiger partial charge in [0.15, 0.2) is 11.5 Å². The first kappa shape index (κ1) is 18.7. The summed E-state index contributed by atoms with van der Waals surface area (Å²) < 4.78 is 3.66. The van der Waals surface area contributed by atoms with Crippen molar-refractivity contribution in [2.24, 2.45) is 0 Å². The lowest BCUT2D eigenvalue weighted by atomic mass is 10.1. The first-order valence-corrected chi connectivity index (χ1v) is 10.2. The first-order valence-electron chi connectivity index (χ1n) is 10.2. The molecule has 0 unspecified atom stereocenters. The molecule has 3 aromatic rings. The molecule has 0 N–H and O–H groups in total. The van der Waals surface area contributed by atoms with E-state index in [1.165, 1.54) is 5.56 Å². The van der Waals surface area contributed by atoms with E-state index in [0.717, 1.165) is 53.2 Å². The average Bonchev–Trinajstić information content (AvgIpc) is 2.90. The van der Waals surface area contributed by atoms with Crippen LogP contribution in [0.25, 0.3) is 16.9 Å². The highest BCUT2D eigenvalue weighted by Gasteiger charge is 2.30. The second kappa shape index (κ2) is 6.76. The molecule has 1 aromatic carbocycles. The Balaban J connectivity index is 2.07. The van der Waals surface area contributed by atoms with E-state index in [-0.39, 0.29) is 5.69 Å². The molecule has 6 heteroatoms. The summed E-state index contributed by atoms with van der Waals surface area (Å²) in [7, 11) is 0. The summed E-state index contributed by atoms with van der Waals surface area (Å²) in [5.41, 5.74) is 5.90. The van der Waals surface area contributed by atoms with E-state index in [1.807, 2.05) is 11.5 Å². The van der Waals surface area contributed by atoms with E-state index >= 15 is 0 Å². The number of hydrogen-bond acceptors (Lipinski definition) is 4. The lowest BCUT2D eigenvalue weighted by Gasteiger charge is -2.35. The number of hydrogen-bond donors (Lipinski definition) is 0. The monoisotopic (exact) mass is 379 g/mol. The van der Waals surface area contributed by atoms with Gasteiger partial charge in [0.05, 0.1) is 5.69 Å². The van der Waals surface area contributed by atoms with Crippen molar-refractivity contribution >= 4 is 17.0 Å². The number of benzene rings is 1. The number of aromatic nitrogens is 4. The van der Waals surface area contributed by atoms with Crippen LogP contribution in [-0.4, -0.2) is 31.7 Å². The van der Waals surface area contributed by atoms with Crippen molar-refractivity contribution in [1.82, 2.24) is 19.1 Å². The Morgan fingerprint density at radius 2 is 1.64 bits per heavy atom. The van der Waals surface area contributed by atoms with Crippen LogP contribution in [-0.2, 0) is 6.54 Å². The third kappa shape index (κ3) is 2.65. The van der Waals surface area contributed by atoms with Gasteiger partial charge in [0.1, 0.15) is 11.3 Å². The Morgan fingerprint density at radius 3 is 2.25 bits per heavy atom. The number of anilines is 1. The molecule has 28 heavy (non-hydrogen) atoms. The van der Waals surface area contributed by atoms with Crippen molar-refractivity contribution in [1.29, 1.82) is 0 Å². The van der Waals surface area contributed by atoms with Gasteiger partial charge in [-0.1, -0.05) is 31.5 Å². The molecule has 1 aliphatic heterocycles. The van der Waals surface area contributed by atoms with Crippen molar-refractivity contribution in [3.63, 3.8) is 0 Å². The second-order valence-corrected chi connectivity index (χ2v) is 7.95. The second-order valence-electron chi connectivity index (χ2n) is 7.95. The number of rotatable bonds is 4. The maximum Gasteiger partial charge on any atom is 0.335 e. The molecule has 148 valence electrons. The summed E-state index contributed by atoms with van der Waals surface area (Å²) in [5.74, 6) is 1.61. The molecular weight excluding hydrogens is 350 g/mol. The molecular formula is C22H29N5O. The van der Waals surface area contributed by atoms with E-state index in [1.54, 1.807) is 4.57 Å². The molecule has 1 aliphatic rings. The highest BCUT2D eigenvalue weighted by Crippen LogP contribution is 2.32. The van der Waals surface area contributed by atoms with Crippen LogP contribution < -0.4 is 10.6 Å². The van der Waals surface area contributed by atoms with Crippen LogP contribution in [0.2, 0.25) is 0 Å². The van der Waals surface area contributed by atoms with Gasteiger partial charge in [-0.2, -0.15) is 0 Å². The standard InChI is InChI=1S/C22H29N5O/c1-7-17(8-2)25-9-10-26-19-20(25)23-16(6)24-21(19)27(22(26)28)18-14(4)11-13(3)12-15(18)5/h11-12,17H,7-10H2,1-6H3. The van der Waals surface area contributed by atoms with Gasteiger partial charge in [-0.15, -0.1) is 0 Å². The molecule has 4 rings (SSSR count). The molecule has 0 aliphatic carbocycles. The van der Waals surface area contributed by atoms with Crippen molar-refractivity contribution in [2.45, 2.75) is 67.0 Å². The van der Waals surface area contributed by atoms with Gasteiger partial charge in [0, 0.05) is 19.1 Å². The summed E-state index contributed by atoms with van der Waals surface area (Å²) in [4.78, 5) is 25.3. The molecule has 0 saturated heterocycles. The topological polar surface area (TPSA) is 56.0 Å². The van der Waals surface area contributed by atoms with Gasteiger partial charge in [-0.25, -0.2) is 19.3 Å². The van der Waals surface area contributed by atoms with Crippen LogP contribution in [0.15, 0.2) is 16.9 Å². The van der Waals surface area contributed by atoms with Crippen LogP contribution in [0.4, 0.5) is 5.82 Å². The molecule has 0 radical (unpaired) electrons. The largest absolute Gasteiger partial charge is 0.350 e. The normalized spacial score (nSPS) is 13.8. The SMILES string of the molecule is CCC(CC)N1CCn2c(=O)n(-c3c(C)cc(C)cc3C)c3nc(C)nc1c32. The van der Waals surface area contributed by atoms with Crippen LogP contribution in [0.5, 0.6) is 0 Å². The van der Waals surface area contributed by atoms with Crippen LogP contribution in [0.3, 0.4) is 0 Å². The van der Waals surface area contributed by atoms with Gasteiger partial charge in [0.25, 0.3) is 0 Å². The Kier molecular flexibility index (Phi) is 4.52. The molecule has 0 saturated carbocycles. The maximum atomic E-state index is 13.5. The molecule has 6 nitrogen and oxygen atoms in total. The molecule has 3 heterocycles. The van der Waals surface area contributed by atoms with Crippen molar-refractivity contribution < 1.29 is 0 Å². The van der Waals surface area contributed by atoms with Gasteiger partial charge in [-0.3, -0.25) is 4.57 Å². The minimum Gasteiger partial charge on any atom is -0.350 e. The Bertz CT molecular complexity index is 1100. The highest BCUT2D eigenvalue weighted by atomic mass is 16.1. The highest BCUT2D eigenvalue weighted by molar-refractivity contribution is 5.87. The van der Waals surface area contributed by atoms with Gasteiger partial charge in [0.2, 0.25) is 0 Å². The third-order valence-electron chi connectivity index (χ3n) is 5.94. The summed E-state index contributed by atoms with van der Waals surface area (Å²) >= 11 is 0. The minimum absolute atomic E-state index is 0.0181. The summed E-state index contributed by atoms with van der Waals surface area (Å²) in [6, 6.07) is 4.68.